The van der Waals surface area contributed by atoms with Gasteiger partial charge in [0.2, 0.25) is 6.41 Å². The Morgan fingerprint density at radius 3 is 2.40 bits per heavy atom. The molecule has 9 heteroatoms. The van der Waals surface area contributed by atoms with Gasteiger partial charge in [0.05, 0.1) is 6.04 Å². The van der Waals surface area contributed by atoms with E-state index in [1.807, 2.05) is 0 Å². The van der Waals surface area contributed by atoms with Crippen LogP contribution in [0.15, 0.2) is 24.3 Å². The molecule has 1 aliphatic carbocycles. The first-order valence-electron chi connectivity index (χ1n) is 11.6. The molecule has 0 aliphatic heterocycles. The maximum atomic E-state index is 13.2. The zero-order valence-corrected chi connectivity index (χ0v) is 19.9. The van der Waals surface area contributed by atoms with Gasteiger partial charge in [-0.05, 0) is 61.4 Å². The molecule has 0 saturated heterocycles. The maximum absolute atomic E-state index is 13.2. The van der Waals surface area contributed by atoms with Gasteiger partial charge < -0.3 is 21.3 Å². The van der Waals surface area contributed by atoms with Crippen molar-refractivity contribution in [2.75, 3.05) is 0 Å². The second kappa shape index (κ2) is 11.6. The summed E-state index contributed by atoms with van der Waals surface area (Å²) in [5.74, 6) is -0.838. The largest absolute Gasteiger partial charge is 0.384 e. The van der Waals surface area contributed by atoms with Crippen LogP contribution in [0.5, 0.6) is 5.75 Å². The minimum absolute atomic E-state index is 0.0322. The number of nitrogen functional groups attached to an aromatic ring is 1. The monoisotopic (exact) mass is 478 g/mol. The highest BCUT2D eigenvalue weighted by Gasteiger charge is 2.29. The third kappa shape index (κ3) is 5.86. The molecule has 1 unspecified atom stereocenters. The molecule has 2 radical (unpaired) electrons. The molecule has 0 spiro atoms. The van der Waals surface area contributed by atoms with Crippen molar-refractivity contribution in [2.24, 2.45) is 5.73 Å². The van der Waals surface area contributed by atoms with Crippen LogP contribution in [0.25, 0.3) is 0 Å². The molecular weight excluding hydrogens is 448 g/mol. The molecule has 0 heterocycles. The summed E-state index contributed by atoms with van der Waals surface area (Å²) in [4.78, 5) is 41.4. The maximum Gasteiger partial charge on any atom is 0.251 e. The van der Waals surface area contributed by atoms with Gasteiger partial charge in [-0.25, -0.2) is 0 Å². The molecule has 1 fully saturated rings. The molecule has 2 amide bonds. The van der Waals surface area contributed by atoms with Gasteiger partial charge in [-0.3, -0.25) is 19.8 Å². The summed E-state index contributed by atoms with van der Waals surface area (Å²) in [5.41, 5.74) is 8.48. The molecular formula is C26H30N4O5. The van der Waals surface area contributed by atoms with Crippen molar-refractivity contribution in [1.82, 2.24) is 10.6 Å². The number of rotatable bonds is 10. The van der Waals surface area contributed by atoms with E-state index in [-0.39, 0.29) is 35.5 Å². The van der Waals surface area contributed by atoms with Gasteiger partial charge in [-0.15, -0.1) is 0 Å². The lowest BCUT2D eigenvalue weighted by molar-refractivity contribution is -0.209. The molecule has 0 bridgehead atoms. The molecule has 1 saturated carbocycles. The number of nitrogens with one attached hydrogen (secondary N) is 3. The third-order valence-electron chi connectivity index (χ3n) is 6.55. The van der Waals surface area contributed by atoms with Gasteiger partial charge >= 0.3 is 0 Å². The smallest absolute Gasteiger partial charge is 0.251 e. The van der Waals surface area contributed by atoms with Crippen LogP contribution in [0.1, 0.15) is 87.9 Å². The molecule has 3 rings (SSSR count). The first kappa shape index (κ1) is 25.9. The Hall–Kier alpha value is -3.72. The fourth-order valence-electron chi connectivity index (χ4n) is 4.65. The highest BCUT2D eigenvalue weighted by atomic mass is 17.1. The van der Waals surface area contributed by atoms with Gasteiger partial charge in [0.1, 0.15) is 5.84 Å². The summed E-state index contributed by atoms with van der Waals surface area (Å²) in [5, 5.41) is 24.3. The van der Waals surface area contributed by atoms with E-state index in [1.54, 1.807) is 38.1 Å². The number of nitrogens with two attached hydrogens (primary N) is 1. The lowest BCUT2D eigenvalue weighted by atomic mass is 9.78. The molecule has 5 N–H and O–H groups in total. The molecule has 35 heavy (non-hydrogen) atoms. The number of amides is 2. The average Bonchev–Trinajstić information content (AvgIpc) is 2.87. The molecule has 2 aromatic rings. The zero-order chi connectivity index (χ0) is 25.5. The Morgan fingerprint density at radius 2 is 1.83 bits per heavy atom. The van der Waals surface area contributed by atoms with Gasteiger partial charge in [-0.2, -0.15) is 0 Å². The summed E-state index contributed by atoms with van der Waals surface area (Å²) in [6.45, 7) is 3.34. The minimum Gasteiger partial charge on any atom is -0.384 e. The van der Waals surface area contributed by atoms with Crippen LogP contribution in [-0.4, -0.2) is 30.0 Å². The Balaban J connectivity index is 2.02. The van der Waals surface area contributed by atoms with Crippen molar-refractivity contribution in [1.29, 1.82) is 5.41 Å². The molecule has 9 nitrogen and oxygen atoms in total. The van der Waals surface area contributed by atoms with E-state index in [9.17, 15) is 19.6 Å². The number of hydrogen-bond acceptors (Lipinski definition) is 5. The van der Waals surface area contributed by atoms with Gasteiger partial charge in [-0.1, -0.05) is 31.4 Å². The summed E-state index contributed by atoms with van der Waals surface area (Å²) in [6, 6.07) is 8.27. The second-order valence-electron chi connectivity index (χ2n) is 8.81. The zero-order valence-electron chi connectivity index (χ0n) is 19.9. The number of benzene rings is 2. The van der Waals surface area contributed by atoms with Gasteiger partial charge in [0, 0.05) is 34.6 Å². The van der Waals surface area contributed by atoms with Crippen LogP contribution in [0.3, 0.4) is 0 Å². The number of carbonyl (C=O) groups is 3. The van der Waals surface area contributed by atoms with E-state index in [2.05, 4.69) is 21.6 Å². The number of hydrogen-bond donors (Lipinski definition) is 4. The number of ketones is 1. The van der Waals surface area contributed by atoms with Crippen molar-refractivity contribution in [3.63, 3.8) is 0 Å². The van der Waals surface area contributed by atoms with E-state index in [1.165, 1.54) is 0 Å². The normalized spacial score (nSPS) is 14.6. The van der Waals surface area contributed by atoms with Crippen molar-refractivity contribution in [3.05, 3.63) is 63.7 Å². The highest BCUT2D eigenvalue weighted by Crippen LogP contribution is 2.40. The number of amidine groups is 1. The third-order valence-corrected chi connectivity index (χ3v) is 6.55. The highest BCUT2D eigenvalue weighted by molar-refractivity contribution is 6.03. The topological polar surface area (TPSA) is 154 Å². The van der Waals surface area contributed by atoms with Crippen molar-refractivity contribution < 1.29 is 24.5 Å². The van der Waals surface area contributed by atoms with E-state index >= 15 is 0 Å². The minimum atomic E-state index is -0.848. The fourth-order valence-corrected chi connectivity index (χ4v) is 4.65. The van der Waals surface area contributed by atoms with Gasteiger partial charge in [0.25, 0.3) is 5.91 Å². The number of Topliss-reactive ketones (excluding diaryl/α,β-unsaturated/α-hetero) is 1. The van der Waals surface area contributed by atoms with Crippen molar-refractivity contribution in [3.8, 4) is 5.75 Å². The first-order valence-corrected chi connectivity index (χ1v) is 11.6. The summed E-state index contributed by atoms with van der Waals surface area (Å²) >= 11 is 0. The Labute approximate surface area is 204 Å². The summed E-state index contributed by atoms with van der Waals surface area (Å²) in [6.07, 6.45) is 5.40. The second-order valence-corrected chi connectivity index (χ2v) is 8.81. The average molecular weight is 479 g/mol. The van der Waals surface area contributed by atoms with E-state index in [0.717, 1.165) is 37.7 Å². The van der Waals surface area contributed by atoms with Crippen LogP contribution in [0.2, 0.25) is 0 Å². The van der Waals surface area contributed by atoms with Crippen molar-refractivity contribution in [2.45, 2.75) is 64.5 Å². The Kier molecular flexibility index (Phi) is 8.59. The predicted octanol–water partition coefficient (Wildman–Crippen LogP) is 3.10. The summed E-state index contributed by atoms with van der Waals surface area (Å²) in [7, 11) is 0. The SMILES string of the molecule is Cc1c(O[O])[c]c(C(=O)C(C)NC=O)c(CNC(=O)c2ccc(C(=N)N)cc2)c1C1CCCCC1. The molecule has 0 aromatic heterocycles. The molecule has 1 aliphatic rings. The van der Waals surface area contributed by atoms with Crippen LogP contribution in [-0.2, 0) is 16.6 Å². The quantitative estimate of drug-likeness (QED) is 0.103. The predicted molar refractivity (Wildman–Crippen MR) is 129 cm³/mol. The standard InChI is InChI=1S/C26H30N4O5/c1-15-22(35-34)12-20(24(32)16(2)30-14-31)21(23(15)17-6-4-3-5-7-17)13-29-26(33)19-10-8-18(9-11-19)25(27)28/h8-11,14,16-17H,3-7,13H2,1-2H3,(H3,27,28)(H,29,33)(H,30,31). The molecule has 2 aromatic carbocycles. The summed E-state index contributed by atoms with van der Waals surface area (Å²) < 4.78 is 0. The van der Waals surface area contributed by atoms with Crippen LogP contribution in [0, 0.1) is 18.4 Å². The van der Waals surface area contributed by atoms with E-state index < -0.39 is 11.8 Å². The fraction of sp³-hybridized carbons (Fsp3) is 0.385. The lowest BCUT2D eigenvalue weighted by Gasteiger charge is -2.28. The lowest BCUT2D eigenvalue weighted by Crippen LogP contribution is -2.35. The van der Waals surface area contributed by atoms with Crippen LogP contribution >= 0.6 is 0 Å². The Morgan fingerprint density at radius 1 is 1.20 bits per heavy atom. The number of carbonyl (C=O) groups excluding carboxylic acids is 3. The van der Waals surface area contributed by atoms with Gasteiger partial charge in [0.15, 0.2) is 11.5 Å². The van der Waals surface area contributed by atoms with Crippen molar-refractivity contribution >= 4 is 23.9 Å². The van der Waals surface area contributed by atoms with E-state index in [4.69, 9.17) is 11.1 Å². The first-order chi connectivity index (χ1) is 16.8. The van der Waals surface area contributed by atoms with Crippen LogP contribution in [0.4, 0.5) is 0 Å². The van der Waals surface area contributed by atoms with Crippen LogP contribution < -0.4 is 21.3 Å². The van der Waals surface area contributed by atoms with E-state index in [0.29, 0.717) is 28.7 Å². The molecule has 184 valence electrons. The Bertz CT molecular complexity index is 1110. The molecule has 1 atom stereocenters.